The largest absolute Gasteiger partial charge is 0.377 e. The summed E-state index contributed by atoms with van der Waals surface area (Å²) in [5.74, 6) is -1.13. The number of rotatable bonds is 7. The topological polar surface area (TPSA) is 58.6 Å². The number of halogens is 1. The summed E-state index contributed by atoms with van der Waals surface area (Å²) >= 11 is 1.38. The molecule has 0 fully saturated rings. The number of nitrogens with one attached hydrogen (secondary N) is 1. The first-order valence-corrected chi connectivity index (χ1v) is 9.14. The molecule has 1 aromatic heterocycles. The number of carbonyl (C=O) groups is 2. The zero-order chi connectivity index (χ0) is 18.7. The molecule has 0 aliphatic carbocycles. The van der Waals surface area contributed by atoms with E-state index < -0.39 is 5.91 Å². The van der Waals surface area contributed by atoms with Crippen LogP contribution in [0.25, 0.3) is 5.57 Å². The van der Waals surface area contributed by atoms with Crippen LogP contribution in [-0.4, -0.2) is 36.0 Å². The van der Waals surface area contributed by atoms with Gasteiger partial charge in [-0.2, -0.15) is 0 Å². The molecular formula is C19H19FN2O3S. The van der Waals surface area contributed by atoms with Gasteiger partial charge in [0.25, 0.3) is 11.8 Å². The van der Waals surface area contributed by atoms with E-state index in [1.807, 2.05) is 25.3 Å². The number of anilines is 1. The Bertz CT molecular complexity index is 829. The van der Waals surface area contributed by atoms with Gasteiger partial charge in [-0.25, -0.2) is 4.39 Å². The van der Waals surface area contributed by atoms with E-state index in [1.165, 1.54) is 40.5 Å². The molecule has 136 valence electrons. The predicted octanol–water partition coefficient (Wildman–Crippen LogP) is 3.50. The zero-order valence-corrected chi connectivity index (χ0v) is 15.3. The molecular weight excluding hydrogens is 355 g/mol. The van der Waals surface area contributed by atoms with Gasteiger partial charge in [0.2, 0.25) is 0 Å². The first-order valence-electron chi connectivity index (χ1n) is 8.26. The second-order valence-corrected chi connectivity index (χ2v) is 6.99. The van der Waals surface area contributed by atoms with E-state index in [1.54, 1.807) is 6.07 Å². The maximum absolute atomic E-state index is 13.1. The summed E-state index contributed by atoms with van der Waals surface area (Å²) < 4.78 is 18.6. The van der Waals surface area contributed by atoms with Crippen LogP contribution in [0.1, 0.15) is 18.7 Å². The summed E-state index contributed by atoms with van der Waals surface area (Å²) in [4.78, 5) is 27.6. The molecule has 3 rings (SSSR count). The fourth-order valence-corrected chi connectivity index (χ4v) is 3.37. The Hall–Kier alpha value is -2.51. The Morgan fingerprint density at radius 2 is 1.88 bits per heavy atom. The van der Waals surface area contributed by atoms with Crippen molar-refractivity contribution in [2.24, 2.45) is 0 Å². The van der Waals surface area contributed by atoms with Crippen molar-refractivity contribution in [1.82, 2.24) is 4.90 Å². The van der Waals surface area contributed by atoms with Gasteiger partial charge < -0.3 is 10.1 Å². The van der Waals surface area contributed by atoms with Crippen LogP contribution < -0.4 is 5.32 Å². The number of hydrogen-bond donors (Lipinski definition) is 1. The van der Waals surface area contributed by atoms with E-state index >= 15 is 0 Å². The molecule has 2 heterocycles. The molecule has 7 heteroatoms. The minimum absolute atomic E-state index is 0.0179. The fraction of sp³-hybridized carbons (Fsp3) is 0.263. The van der Waals surface area contributed by atoms with Crippen molar-refractivity contribution in [2.45, 2.75) is 20.0 Å². The number of amides is 2. The van der Waals surface area contributed by atoms with Crippen LogP contribution in [0.15, 0.2) is 47.5 Å². The highest BCUT2D eigenvalue weighted by Crippen LogP contribution is 2.32. The molecule has 2 aromatic rings. The first kappa shape index (κ1) is 18.3. The molecule has 0 saturated carbocycles. The number of benzene rings is 1. The maximum atomic E-state index is 13.1. The van der Waals surface area contributed by atoms with E-state index in [9.17, 15) is 14.0 Å². The number of thiophene rings is 1. The van der Waals surface area contributed by atoms with Gasteiger partial charge in [-0.05, 0) is 49.6 Å². The molecule has 2 amide bonds. The lowest BCUT2D eigenvalue weighted by Crippen LogP contribution is -2.35. The van der Waals surface area contributed by atoms with Gasteiger partial charge in [0, 0.05) is 10.6 Å². The van der Waals surface area contributed by atoms with Gasteiger partial charge in [-0.15, -0.1) is 11.3 Å². The number of imide groups is 1. The van der Waals surface area contributed by atoms with Crippen molar-refractivity contribution < 1.29 is 18.7 Å². The third-order valence-corrected chi connectivity index (χ3v) is 4.70. The summed E-state index contributed by atoms with van der Waals surface area (Å²) in [6, 6.07) is 9.26. The third-order valence-electron chi connectivity index (χ3n) is 3.82. The van der Waals surface area contributed by atoms with Gasteiger partial charge in [0.1, 0.15) is 11.5 Å². The highest BCUT2D eigenvalue weighted by Gasteiger charge is 2.39. The normalized spacial score (nSPS) is 14.7. The number of carbonyl (C=O) groups excluding carboxylic acids is 2. The van der Waals surface area contributed by atoms with Crippen molar-refractivity contribution in [3.63, 3.8) is 0 Å². The van der Waals surface area contributed by atoms with E-state index in [-0.39, 0.29) is 36.7 Å². The van der Waals surface area contributed by atoms with E-state index in [0.717, 1.165) is 0 Å². The molecule has 1 aromatic carbocycles. The molecule has 0 saturated heterocycles. The number of nitrogens with zero attached hydrogens (tertiary/aromatic N) is 1. The Balaban J connectivity index is 1.89. The summed E-state index contributed by atoms with van der Waals surface area (Å²) in [5.41, 5.74) is 1.07. The van der Waals surface area contributed by atoms with E-state index in [2.05, 4.69) is 5.32 Å². The average Bonchev–Trinajstić information content (AvgIpc) is 3.19. The zero-order valence-electron chi connectivity index (χ0n) is 14.5. The van der Waals surface area contributed by atoms with Gasteiger partial charge in [-0.1, -0.05) is 6.07 Å². The summed E-state index contributed by atoms with van der Waals surface area (Å²) in [7, 11) is 0. The highest BCUT2D eigenvalue weighted by atomic mass is 32.1. The highest BCUT2D eigenvalue weighted by molar-refractivity contribution is 7.11. The molecule has 0 radical (unpaired) electrons. The van der Waals surface area contributed by atoms with Gasteiger partial charge in [0.15, 0.2) is 0 Å². The second-order valence-electron chi connectivity index (χ2n) is 6.04. The van der Waals surface area contributed by atoms with Crippen molar-refractivity contribution in [2.75, 3.05) is 18.5 Å². The molecule has 26 heavy (non-hydrogen) atoms. The van der Waals surface area contributed by atoms with Crippen LogP contribution in [0, 0.1) is 5.82 Å². The summed E-state index contributed by atoms with van der Waals surface area (Å²) in [6.45, 7) is 4.24. The van der Waals surface area contributed by atoms with Crippen molar-refractivity contribution in [1.29, 1.82) is 0 Å². The lowest BCUT2D eigenvalue weighted by atomic mass is 10.2. The van der Waals surface area contributed by atoms with Crippen LogP contribution in [0.3, 0.4) is 0 Å². The summed E-state index contributed by atoms with van der Waals surface area (Å²) in [6.07, 6.45) is 0.0179. The van der Waals surface area contributed by atoms with Crippen LogP contribution in [0.2, 0.25) is 0 Å². The SMILES string of the molecule is CC(C)OCCN1C(=O)C(Nc2ccc(F)cc2)=C(c2cccs2)C1=O. The first-order chi connectivity index (χ1) is 12.5. The maximum Gasteiger partial charge on any atom is 0.278 e. The van der Waals surface area contributed by atoms with Gasteiger partial charge in [0.05, 0.1) is 24.8 Å². The molecule has 0 spiro atoms. The molecule has 1 N–H and O–H groups in total. The smallest absolute Gasteiger partial charge is 0.278 e. The minimum atomic E-state index is -0.407. The van der Waals surface area contributed by atoms with Crippen LogP contribution in [-0.2, 0) is 14.3 Å². The lowest BCUT2D eigenvalue weighted by molar-refractivity contribution is -0.137. The minimum Gasteiger partial charge on any atom is -0.377 e. The van der Waals surface area contributed by atoms with Gasteiger partial charge >= 0.3 is 0 Å². The van der Waals surface area contributed by atoms with E-state index in [4.69, 9.17) is 4.74 Å². The predicted molar refractivity (Wildman–Crippen MR) is 99.1 cm³/mol. The quantitative estimate of drug-likeness (QED) is 0.754. The van der Waals surface area contributed by atoms with Crippen LogP contribution >= 0.6 is 11.3 Å². The number of ether oxygens (including phenoxy) is 1. The Morgan fingerprint density at radius 3 is 2.50 bits per heavy atom. The van der Waals surface area contributed by atoms with Crippen LogP contribution in [0.5, 0.6) is 0 Å². The van der Waals surface area contributed by atoms with E-state index in [0.29, 0.717) is 16.1 Å². The molecule has 0 bridgehead atoms. The molecule has 1 aliphatic rings. The number of hydrogen-bond acceptors (Lipinski definition) is 5. The standard InChI is InChI=1S/C19H19FN2O3S/c1-12(2)25-10-9-22-18(23)16(15-4-3-11-26-15)17(19(22)24)21-14-7-5-13(20)6-8-14/h3-8,11-12,21H,9-10H2,1-2H3. The summed E-state index contributed by atoms with van der Waals surface area (Å²) in [5, 5.41) is 4.83. The monoisotopic (exact) mass is 374 g/mol. The fourth-order valence-electron chi connectivity index (χ4n) is 2.60. The second kappa shape index (κ2) is 7.80. The molecule has 1 aliphatic heterocycles. The van der Waals surface area contributed by atoms with Crippen molar-refractivity contribution >= 4 is 34.4 Å². The molecule has 0 atom stereocenters. The van der Waals surface area contributed by atoms with Crippen molar-refractivity contribution in [3.8, 4) is 0 Å². The molecule has 0 unspecified atom stereocenters. The Kier molecular flexibility index (Phi) is 5.49. The third kappa shape index (κ3) is 3.84. The Labute approximate surface area is 155 Å². The van der Waals surface area contributed by atoms with Gasteiger partial charge in [-0.3, -0.25) is 14.5 Å². The van der Waals surface area contributed by atoms with Crippen molar-refractivity contribution in [3.05, 3.63) is 58.2 Å². The Morgan fingerprint density at radius 1 is 1.15 bits per heavy atom. The molecule has 5 nitrogen and oxygen atoms in total. The average molecular weight is 374 g/mol. The van der Waals surface area contributed by atoms with Crippen LogP contribution in [0.4, 0.5) is 10.1 Å². The lowest BCUT2D eigenvalue weighted by Gasteiger charge is -2.16.